The van der Waals surface area contributed by atoms with E-state index in [1.54, 1.807) is 0 Å². The minimum Gasteiger partial charge on any atom is -0.388 e. The molecule has 0 saturated heterocycles. The number of rotatable bonds is 6. The summed E-state index contributed by atoms with van der Waals surface area (Å²) in [5.74, 6) is 0.678. The van der Waals surface area contributed by atoms with Crippen LogP contribution in [-0.4, -0.2) is 23.2 Å². The third-order valence-corrected chi connectivity index (χ3v) is 4.13. The fourth-order valence-corrected chi connectivity index (χ4v) is 2.49. The zero-order chi connectivity index (χ0) is 12.7. The van der Waals surface area contributed by atoms with E-state index in [-0.39, 0.29) is 5.91 Å². The lowest BCUT2D eigenvalue weighted by molar-refractivity contribution is -0.123. The number of hydrogen-bond acceptors (Lipinski definition) is 2. The molecule has 1 aliphatic rings. The van der Waals surface area contributed by atoms with Crippen LogP contribution in [0.4, 0.5) is 0 Å². The number of aliphatic hydroxyl groups is 1. The molecule has 0 unspecified atom stereocenters. The molecule has 0 radical (unpaired) electrons. The average Bonchev–Trinajstić information content (AvgIpc) is 2.37. The summed E-state index contributed by atoms with van der Waals surface area (Å²) < 4.78 is 0. The van der Waals surface area contributed by atoms with E-state index >= 15 is 0 Å². The van der Waals surface area contributed by atoms with Crippen molar-refractivity contribution in [1.29, 1.82) is 0 Å². The Balaban J connectivity index is 2.24. The van der Waals surface area contributed by atoms with Gasteiger partial charge in [-0.2, -0.15) is 0 Å². The van der Waals surface area contributed by atoms with Crippen molar-refractivity contribution in [3.63, 3.8) is 0 Å². The normalized spacial score (nSPS) is 18.1. The largest absolute Gasteiger partial charge is 0.388 e. The Hall–Kier alpha value is -0.570. The summed E-state index contributed by atoms with van der Waals surface area (Å²) in [5.41, 5.74) is -0.720. The van der Waals surface area contributed by atoms with Crippen molar-refractivity contribution in [2.45, 2.75) is 70.8 Å². The molecule has 100 valence electrons. The molecule has 1 fully saturated rings. The lowest BCUT2D eigenvalue weighted by Crippen LogP contribution is -2.42. The van der Waals surface area contributed by atoms with E-state index in [1.807, 2.05) is 13.8 Å². The smallest absolute Gasteiger partial charge is 0.220 e. The van der Waals surface area contributed by atoms with Gasteiger partial charge in [-0.1, -0.05) is 33.1 Å². The van der Waals surface area contributed by atoms with Crippen molar-refractivity contribution >= 4 is 5.91 Å². The molecular formula is C14H27NO2. The molecule has 0 spiro atoms. The summed E-state index contributed by atoms with van der Waals surface area (Å²) in [6.45, 7) is 4.30. The monoisotopic (exact) mass is 241 g/mol. The highest BCUT2D eigenvalue weighted by Crippen LogP contribution is 2.26. The molecular weight excluding hydrogens is 214 g/mol. The Kier molecular flexibility index (Phi) is 5.96. The number of amides is 1. The summed E-state index contributed by atoms with van der Waals surface area (Å²) in [6, 6.07) is 0. The number of carbonyl (C=O) groups excluding carboxylic acids is 1. The highest BCUT2D eigenvalue weighted by molar-refractivity contribution is 5.76. The maximum absolute atomic E-state index is 11.8. The number of carbonyl (C=O) groups is 1. The molecule has 2 N–H and O–H groups in total. The quantitative estimate of drug-likeness (QED) is 0.751. The molecule has 1 saturated carbocycles. The molecule has 0 bridgehead atoms. The second-order valence-corrected chi connectivity index (χ2v) is 5.42. The van der Waals surface area contributed by atoms with Crippen LogP contribution in [0.1, 0.15) is 65.2 Å². The second-order valence-electron chi connectivity index (χ2n) is 5.42. The van der Waals surface area contributed by atoms with Gasteiger partial charge in [0.25, 0.3) is 0 Å². The van der Waals surface area contributed by atoms with Crippen LogP contribution >= 0.6 is 0 Å². The zero-order valence-corrected chi connectivity index (χ0v) is 11.3. The molecule has 0 aromatic heterocycles. The molecule has 1 rings (SSSR count). The topological polar surface area (TPSA) is 49.3 Å². The van der Waals surface area contributed by atoms with Crippen molar-refractivity contribution in [2.24, 2.45) is 5.92 Å². The van der Waals surface area contributed by atoms with E-state index in [2.05, 4.69) is 5.32 Å². The van der Waals surface area contributed by atoms with Crippen LogP contribution in [-0.2, 0) is 4.79 Å². The third-order valence-electron chi connectivity index (χ3n) is 4.13. The fraction of sp³-hybridized carbons (Fsp3) is 0.929. The third kappa shape index (κ3) is 5.07. The average molecular weight is 241 g/mol. The molecule has 3 nitrogen and oxygen atoms in total. The lowest BCUT2D eigenvalue weighted by atomic mass is 9.87. The van der Waals surface area contributed by atoms with Gasteiger partial charge in [0.05, 0.1) is 5.60 Å². The van der Waals surface area contributed by atoms with Crippen LogP contribution < -0.4 is 5.32 Å². The zero-order valence-electron chi connectivity index (χ0n) is 11.3. The first-order valence-electron chi connectivity index (χ1n) is 7.08. The van der Waals surface area contributed by atoms with Gasteiger partial charge in [-0.15, -0.1) is 0 Å². The Morgan fingerprint density at radius 1 is 1.24 bits per heavy atom. The standard InChI is InChI=1S/C14H27NO2/c1-3-14(17,4-2)11-15-13(16)10-12-8-6-5-7-9-12/h12,17H,3-11H2,1-2H3,(H,15,16). The molecule has 1 aliphatic carbocycles. The summed E-state index contributed by atoms with van der Waals surface area (Å²) in [5, 5.41) is 13.0. The van der Waals surface area contributed by atoms with Crippen molar-refractivity contribution in [3.05, 3.63) is 0 Å². The first-order chi connectivity index (χ1) is 8.09. The number of nitrogens with one attached hydrogen (secondary N) is 1. The van der Waals surface area contributed by atoms with E-state index in [0.717, 1.165) is 0 Å². The maximum atomic E-state index is 11.8. The van der Waals surface area contributed by atoms with Crippen molar-refractivity contribution in [1.82, 2.24) is 5.32 Å². The van der Waals surface area contributed by atoms with Crippen LogP contribution in [0.25, 0.3) is 0 Å². The summed E-state index contributed by atoms with van der Waals surface area (Å²) >= 11 is 0. The summed E-state index contributed by atoms with van der Waals surface area (Å²) in [7, 11) is 0. The van der Waals surface area contributed by atoms with E-state index in [1.165, 1.54) is 32.1 Å². The Morgan fingerprint density at radius 3 is 2.35 bits per heavy atom. The Labute approximate surface area is 105 Å². The van der Waals surface area contributed by atoms with Gasteiger partial charge in [-0.05, 0) is 31.6 Å². The molecule has 0 aromatic rings. The highest BCUT2D eigenvalue weighted by atomic mass is 16.3. The molecule has 0 aliphatic heterocycles. The van der Waals surface area contributed by atoms with Crippen molar-refractivity contribution < 1.29 is 9.90 Å². The molecule has 17 heavy (non-hydrogen) atoms. The first kappa shape index (κ1) is 14.5. The van der Waals surface area contributed by atoms with Crippen molar-refractivity contribution in [3.8, 4) is 0 Å². The molecule has 1 amide bonds. The van der Waals surface area contributed by atoms with Crippen molar-refractivity contribution in [2.75, 3.05) is 6.54 Å². The molecule has 0 aromatic carbocycles. The van der Waals surface area contributed by atoms with E-state index < -0.39 is 5.60 Å². The van der Waals surface area contributed by atoms with Gasteiger partial charge in [0.1, 0.15) is 0 Å². The second kappa shape index (κ2) is 7.00. The minimum atomic E-state index is -0.720. The molecule has 0 heterocycles. The van der Waals surface area contributed by atoms with Gasteiger partial charge >= 0.3 is 0 Å². The van der Waals surface area contributed by atoms with E-state index in [0.29, 0.717) is 31.7 Å². The lowest BCUT2D eigenvalue weighted by Gasteiger charge is -2.26. The van der Waals surface area contributed by atoms with Gasteiger partial charge in [0, 0.05) is 13.0 Å². The molecule has 3 heteroatoms. The van der Waals surface area contributed by atoms with Gasteiger partial charge in [-0.25, -0.2) is 0 Å². The Morgan fingerprint density at radius 2 is 1.82 bits per heavy atom. The van der Waals surface area contributed by atoms with Gasteiger partial charge in [0.2, 0.25) is 5.91 Å². The first-order valence-corrected chi connectivity index (χ1v) is 7.08. The van der Waals surface area contributed by atoms with Crippen LogP contribution in [0.2, 0.25) is 0 Å². The highest BCUT2D eigenvalue weighted by Gasteiger charge is 2.23. The number of hydrogen-bond donors (Lipinski definition) is 2. The summed E-state index contributed by atoms with van der Waals surface area (Å²) in [4.78, 5) is 11.8. The van der Waals surface area contributed by atoms with Crippen LogP contribution in [0.3, 0.4) is 0 Å². The predicted molar refractivity (Wildman–Crippen MR) is 69.7 cm³/mol. The van der Waals surface area contributed by atoms with Gasteiger partial charge < -0.3 is 10.4 Å². The van der Waals surface area contributed by atoms with Gasteiger partial charge in [0.15, 0.2) is 0 Å². The van der Waals surface area contributed by atoms with Gasteiger partial charge in [-0.3, -0.25) is 4.79 Å². The predicted octanol–water partition coefficient (Wildman–Crippen LogP) is 2.62. The molecule has 0 atom stereocenters. The van der Waals surface area contributed by atoms with Crippen LogP contribution in [0.15, 0.2) is 0 Å². The fourth-order valence-electron chi connectivity index (χ4n) is 2.49. The maximum Gasteiger partial charge on any atom is 0.220 e. The van der Waals surface area contributed by atoms with E-state index in [4.69, 9.17) is 0 Å². The minimum absolute atomic E-state index is 0.109. The van der Waals surface area contributed by atoms with Crippen LogP contribution in [0.5, 0.6) is 0 Å². The SMILES string of the molecule is CCC(O)(CC)CNC(=O)CC1CCCCC1. The Bertz CT molecular complexity index is 230. The summed E-state index contributed by atoms with van der Waals surface area (Å²) in [6.07, 6.45) is 8.27. The van der Waals surface area contributed by atoms with E-state index in [9.17, 15) is 9.90 Å². The van der Waals surface area contributed by atoms with Crippen LogP contribution in [0, 0.1) is 5.92 Å².